The van der Waals surface area contributed by atoms with E-state index in [2.05, 4.69) is 56.0 Å². The lowest BCUT2D eigenvalue weighted by atomic mass is 9.96. The van der Waals surface area contributed by atoms with Crippen LogP contribution in [0.4, 0.5) is 0 Å². The summed E-state index contributed by atoms with van der Waals surface area (Å²) in [7, 11) is 0. The van der Waals surface area contributed by atoms with E-state index in [9.17, 15) is 4.79 Å². The van der Waals surface area contributed by atoms with Crippen molar-refractivity contribution in [3.63, 3.8) is 0 Å². The first kappa shape index (κ1) is 17.7. The molecule has 1 saturated heterocycles. The van der Waals surface area contributed by atoms with Crippen molar-refractivity contribution >= 4 is 12.0 Å². The fraction of sp³-hybridized carbons (Fsp3) is 0.550. The molecule has 126 valence electrons. The van der Waals surface area contributed by atoms with E-state index in [1.165, 1.54) is 11.1 Å². The van der Waals surface area contributed by atoms with Gasteiger partial charge in [-0.25, -0.2) is 0 Å². The number of likely N-dealkylation sites (tertiary alicyclic amines) is 1. The summed E-state index contributed by atoms with van der Waals surface area (Å²) >= 11 is 0. The van der Waals surface area contributed by atoms with Gasteiger partial charge >= 0.3 is 0 Å². The molecule has 1 aliphatic heterocycles. The highest BCUT2D eigenvalue weighted by atomic mass is 16.2. The number of piperidine rings is 1. The number of benzene rings is 1. The molecule has 1 amide bonds. The van der Waals surface area contributed by atoms with Crippen molar-refractivity contribution in [3.05, 3.63) is 41.5 Å². The van der Waals surface area contributed by atoms with Gasteiger partial charge in [0, 0.05) is 26.2 Å². The van der Waals surface area contributed by atoms with Gasteiger partial charge in [0.1, 0.15) is 0 Å². The normalized spacial score (nSPS) is 19.6. The average molecular weight is 314 g/mol. The number of rotatable bonds is 6. The summed E-state index contributed by atoms with van der Waals surface area (Å²) in [6.07, 6.45) is 4.40. The van der Waals surface area contributed by atoms with Crippen LogP contribution in [0.1, 0.15) is 39.2 Å². The van der Waals surface area contributed by atoms with Crippen molar-refractivity contribution in [2.75, 3.05) is 32.7 Å². The summed E-state index contributed by atoms with van der Waals surface area (Å²) in [4.78, 5) is 17.0. The highest BCUT2D eigenvalue weighted by Gasteiger charge is 2.28. The van der Waals surface area contributed by atoms with Crippen LogP contribution in [-0.2, 0) is 4.79 Å². The fourth-order valence-corrected chi connectivity index (χ4v) is 3.43. The van der Waals surface area contributed by atoms with E-state index < -0.39 is 0 Å². The van der Waals surface area contributed by atoms with E-state index >= 15 is 0 Å². The summed E-state index contributed by atoms with van der Waals surface area (Å²) in [5.74, 6) is 0.512. The monoisotopic (exact) mass is 314 g/mol. The molecule has 1 fully saturated rings. The Hall–Kier alpha value is -1.61. The first-order valence-corrected chi connectivity index (χ1v) is 8.87. The minimum atomic E-state index is 0.174. The van der Waals surface area contributed by atoms with Crippen LogP contribution in [0.3, 0.4) is 0 Å². The van der Waals surface area contributed by atoms with Crippen LogP contribution < -0.4 is 0 Å². The van der Waals surface area contributed by atoms with Crippen molar-refractivity contribution in [1.29, 1.82) is 0 Å². The molecule has 1 aromatic rings. The lowest BCUT2D eigenvalue weighted by Gasteiger charge is -2.34. The number of hydrogen-bond donors (Lipinski definition) is 0. The van der Waals surface area contributed by atoms with Gasteiger partial charge in [0.2, 0.25) is 5.91 Å². The van der Waals surface area contributed by atoms with E-state index in [0.29, 0.717) is 5.91 Å². The molecule has 3 heteroatoms. The lowest BCUT2D eigenvalue weighted by Crippen LogP contribution is -2.45. The molecule has 0 radical (unpaired) electrons. The van der Waals surface area contributed by atoms with Crippen LogP contribution in [0.25, 0.3) is 6.08 Å². The highest BCUT2D eigenvalue weighted by molar-refractivity contribution is 5.79. The van der Waals surface area contributed by atoms with Gasteiger partial charge < -0.3 is 4.90 Å². The zero-order chi connectivity index (χ0) is 16.7. The predicted octanol–water partition coefficient (Wildman–Crippen LogP) is 3.67. The second kappa shape index (κ2) is 8.88. The Morgan fingerprint density at radius 2 is 1.96 bits per heavy atom. The molecule has 0 bridgehead atoms. The SMILES string of the molecule is CCN(CC)C(=O)[C@H]1CCCN(C/C(C)=C/c2ccccc2)C1. The number of carbonyl (C=O) groups excluding carboxylic acids is 1. The van der Waals surface area contributed by atoms with Crippen molar-refractivity contribution < 1.29 is 4.79 Å². The van der Waals surface area contributed by atoms with Crippen LogP contribution in [0.15, 0.2) is 35.9 Å². The number of amides is 1. The molecule has 1 heterocycles. The van der Waals surface area contributed by atoms with E-state index in [0.717, 1.165) is 45.6 Å². The van der Waals surface area contributed by atoms with Crippen molar-refractivity contribution in [2.24, 2.45) is 5.92 Å². The van der Waals surface area contributed by atoms with Gasteiger partial charge in [-0.1, -0.05) is 42.0 Å². The molecule has 0 aromatic heterocycles. The Balaban J connectivity index is 1.93. The molecule has 0 aliphatic carbocycles. The quantitative estimate of drug-likeness (QED) is 0.800. The summed E-state index contributed by atoms with van der Waals surface area (Å²) in [5, 5.41) is 0. The van der Waals surface area contributed by atoms with E-state index in [1.54, 1.807) is 0 Å². The summed E-state index contributed by atoms with van der Waals surface area (Å²) < 4.78 is 0. The molecule has 23 heavy (non-hydrogen) atoms. The molecular formula is C20H30N2O. The van der Waals surface area contributed by atoms with Crippen LogP contribution in [0.5, 0.6) is 0 Å². The molecule has 3 nitrogen and oxygen atoms in total. The van der Waals surface area contributed by atoms with E-state index in [-0.39, 0.29) is 5.92 Å². The zero-order valence-corrected chi connectivity index (χ0v) is 14.8. The zero-order valence-electron chi connectivity index (χ0n) is 14.8. The molecule has 2 rings (SSSR count). The maximum atomic E-state index is 12.6. The molecule has 1 aromatic carbocycles. The highest BCUT2D eigenvalue weighted by Crippen LogP contribution is 2.20. The number of hydrogen-bond acceptors (Lipinski definition) is 2. The minimum Gasteiger partial charge on any atom is -0.343 e. The predicted molar refractivity (Wildman–Crippen MR) is 97.2 cm³/mol. The first-order valence-electron chi connectivity index (χ1n) is 8.87. The molecule has 0 spiro atoms. The third-order valence-corrected chi connectivity index (χ3v) is 4.62. The van der Waals surface area contributed by atoms with Crippen LogP contribution in [0.2, 0.25) is 0 Å². The smallest absolute Gasteiger partial charge is 0.226 e. The maximum absolute atomic E-state index is 12.6. The van der Waals surface area contributed by atoms with Gasteiger partial charge in [0.15, 0.2) is 0 Å². The summed E-state index contributed by atoms with van der Waals surface area (Å²) in [5.41, 5.74) is 2.60. The summed E-state index contributed by atoms with van der Waals surface area (Å²) in [6, 6.07) is 10.4. The van der Waals surface area contributed by atoms with Gasteiger partial charge in [0.25, 0.3) is 0 Å². The molecule has 0 unspecified atom stereocenters. The standard InChI is InChI=1S/C20H30N2O/c1-4-22(5-2)20(23)19-12-9-13-21(16-19)15-17(3)14-18-10-7-6-8-11-18/h6-8,10-11,14,19H,4-5,9,12-13,15-16H2,1-3H3/b17-14+/t19-/m0/s1. The van der Waals surface area contributed by atoms with Crippen molar-refractivity contribution in [2.45, 2.75) is 33.6 Å². The Labute approximate surface area is 141 Å². The first-order chi connectivity index (χ1) is 11.1. The second-order valence-electron chi connectivity index (χ2n) is 6.49. The van der Waals surface area contributed by atoms with Gasteiger partial charge in [-0.05, 0) is 45.7 Å². The van der Waals surface area contributed by atoms with Crippen LogP contribution >= 0.6 is 0 Å². The molecular weight excluding hydrogens is 284 g/mol. The number of carbonyl (C=O) groups is 1. The van der Waals surface area contributed by atoms with Gasteiger partial charge in [-0.2, -0.15) is 0 Å². The minimum absolute atomic E-state index is 0.174. The topological polar surface area (TPSA) is 23.6 Å². The largest absolute Gasteiger partial charge is 0.343 e. The van der Waals surface area contributed by atoms with E-state index in [1.807, 2.05) is 11.0 Å². The Bertz CT molecular complexity index is 520. The van der Waals surface area contributed by atoms with Crippen molar-refractivity contribution in [1.82, 2.24) is 9.80 Å². The third-order valence-electron chi connectivity index (χ3n) is 4.62. The molecule has 1 aliphatic rings. The summed E-state index contributed by atoms with van der Waals surface area (Å²) in [6.45, 7) is 10.9. The van der Waals surface area contributed by atoms with E-state index in [4.69, 9.17) is 0 Å². The van der Waals surface area contributed by atoms with Gasteiger partial charge in [-0.15, -0.1) is 0 Å². The fourth-order valence-electron chi connectivity index (χ4n) is 3.43. The third kappa shape index (κ3) is 5.21. The Morgan fingerprint density at radius 3 is 2.61 bits per heavy atom. The lowest BCUT2D eigenvalue weighted by molar-refractivity contribution is -0.136. The average Bonchev–Trinajstić information content (AvgIpc) is 2.57. The Morgan fingerprint density at radius 1 is 1.26 bits per heavy atom. The maximum Gasteiger partial charge on any atom is 0.226 e. The van der Waals surface area contributed by atoms with Gasteiger partial charge in [-0.3, -0.25) is 9.69 Å². The van der Waals surface area contributed by atoms with Crippen LogP contribution in [-0.4, -0.2) is 48.4 Å². The van der Waals surface area contributed by atoms with Crippen LogP contribution in [0, 0.1) is 5.92 Å². The van der Waals surface area contributed by atoms with Crippen molar-refractivity contribution in [3.8, 4) is 0 Å². The number of nitrogens with zero attached hydrogens (tertiary/aromatic N) is 2. The molecule has 0 saturated carbocycles. The van der Waals surface area contributed by atoms with Gasteiger partial charge in [0.05, 0.1) is 5.92 Å². The molecule has 1 atom stereocenters. The Kier molecular flexibility index (Phi) is 6.85. The molecule has 0 N–H and O–H groups in total. The second-order valence-corrected chi connectivity index (χ2v) is 6.49.